The van der Waals surface area contributed by atoms with Crippen molar-refractivity contribution in [2.75, 3.05) is 23.0 Å². The van der Waals surface area contributed by atoms with Gasteiger partial charge in [0.1, 0.15) is 5.02 Å². The Morgan fingerprint density at radius 2 is 1.94 bits per heavy atom. The van der Waals surface area contributed by atoms with Crippen LogP contribution in [0.15, 0.2) is 48.7 Å². The number of carbonyl (C=O) groups excluding carboxylic acids is 2. The van der Waals surface area contributed by atoms with E-state index in [-0.39, 0.29) is 17.2 Å². The number of hydrogen-bond donors (Lipinski definition) is 4. The Balaban J connectivity index is 1.62. The molecule has 0 fully saturated rings. The minimum atomic E-state index is -0.221. The van der Waals surface area contributed by atoms with Gasteiger partial charge < -0.3 is 21.3 Å². The highest BCUT2D eigenvalue weighted by Crippen LogP contribution is 2.38. The van der Waals surface area contributed by atoms with Crippen molar-refractivity contribution >= 4 is 52.2 Å². The quantitative estimate of drug-likeness (QED) is 0.424. The van der Waals surface area contributed by atoms with Gasteiger partial charge in [-0.1, -0.05) is 37.6 Å². The van der Waals surface area contributed by atoms with Crippen LogP contribution in [0.5, 0.6) is 0 Å². The second-order valence-electron chi connectivity index (χ2n) is 8.46. The molecule has 4 rings (SSSR count). The fraction of sp³-hybridized carbons (Fsp3) is 0.250. The molecule has 4 N–H and O–H groups in total. The first-order valence-corrected chi connectivity index (χ1v) is 11.0. The van der Waals surface area contributed by atoms with E-state index in [1.54, 1.807) is 25.2 Å². The van der Waals surface area contributed by atoms with E-state index < -0.39 is 0 Å². The maximum absolute atomic E-state index is 12.2. The Kier molecular flexibility index (Phi) is 6.20. The molecule has 1 aromatic heterocycles. The number of aromatic nitrogens is 2. The zero-order valence-corrected chi connectivity index (χ0v) is 19.4. The lowest BCUT2D eigenvalue weighted by Gasteiger charge is -2.25. The maximum Gasteiger partial charge on any atom is 0.253 e. The summed E-state index contributed by atoms with van der Waals surface area (Å²) in [5.41, 5.74) is 3.54. The lowest BCUT2D eigenvalue weighted by molar-refractivity contribution is -0.116. The van der Waals surface area contributed by atoms with Gasteiger partial charge in [0.15, 0.2) is 5.82 Å². The predicted molar refractivity (Wildman–Crippen MR) is 131 cm³/mol. The molecule has 0 radical (unpaired) electrons. The molecule has 0 aliphatic carbocycles. The summed E-state index contributed by atoms with van der Waals surface area (Å²) in [5.74, 6) is 0.514. The summed E-state index contributed by atoms with van der Waals surface area (Å²) >= 11 is 6.32. The molecule has 3 aromatic rings. The first kappa shape index (κ1) is 22.5. The standard InChI is InChI=1S/C24H25ClN6O2/c1-24(2)11-10-20(32)29-19-9-8-14(12-16(19)24)28-23-27-13-17(25)21(31-23)30-18-7-5-4-6-15(18)22(33)26-3/h4-9,12-13H,10-11H2,1-3H3,(H,26,33)(H,29,32)(H2,27,28,30,31). The van der Waals surface area contributed by atoms with Gasteiger partial charge in [-0.15, -0.1) is 0 Å². The first-order valence-electron chi connectivity index (χ1n) is 10.6. The second-order valence-corrected chi connectivity index (χ2v) is 8.86. The van der Waals surface area contributed by atoms with E-state index in [1.807, 2.05) is 24.3 Å². The SMILES string of the molecule is CNC(=O)c1ccccc1Nc1nc(Nc2ccc3c(c2)C(C)(C)CCC(=O)N3)ncc1Cl. The van der Waals surface area contributed by atoms with Crippen molar-refractivity contribution in [2.45, 2.75) is 32.1 Å². The number of rotatable bonds is 5. The van der Waals surface area contributed by atoms with Crippen LogP contribution in [-0.2, 0) is 10.2 Å². The van der Waals surface area contributed by atoms with Crippen LogP contribution >= 0.6 is 11.6 Å². The summed E-state index contributed by atoms with van der Waals surface area (Å²) in [6, 6.07) is 12.9. The molecule has 0 unspecified atom stereocenters. The molecule has 0 bridgehead atoms. The number of nitrogens with one attached hydrogen (secondary N) is 4. The van der Waals surface area contributed by atoms with Crippen LogP contribution in [0.3, 0.4) is 0 Å². The highest BCUT2D eigenvalue weighted by molar-refractivity contribution is 6.33. The van der Waals surface area contributed by atoms with Crippen LogP contribution in [-0.4, -0.2) is 28.8 Å². The van der Waals surface area contributed by atoms with Crippen LogP contribution in [0, 0.1) is 0 Å². The molecule has 2 amide bonds. The zero-order chi connectivity index (χ0) is 23.6. The Bertz CT molecular complexity index is 1230. The third-order valence-electron chi connectivity index (χ3n) is 5.65. The summed E-state index contributed by atoms with van der Waals surface area (Å²) < 4.78 is 0. The highest BCUT2D eigenvalue weighted by atomic mass is 35.5. The molecule has 1 aliphatic heterocycles. The van der Waals surface area contributed by atoms with Crippen molar-refractivity contribution < 1.29 is 9.59 Å². The molecule has 0 atom stereocenters. The molecule has 8 nitrogen and oxygen atoms in total. The number of halogens is 1. The van der Waals surface area contributed by atoms with Gasteiger partial charge in [-0.25, -0.2) is 4.98 Å². The van der Waals surface area contributed by atoms with Gasteiger partial charge in [0, 0.05) is 24.8 Å². The number of benzene rings is 2. The van der Waals surface area contributed by atoms with Crippen molar-refractivity contribution in [3.05, 3.63) is 64.8 Å². The Labute approximate surface area is 197 Å². The predicted octanol–water partition coefficient (Wildman–Crippen LogP) is 4.99. The first-order chi connectivity index (χ1) is 15.8. The van der Waals surface area contributed by atoms with Gasteiger partial charge in [0.2, 0.25) is 11.9 Å². The van der Waals surface area contributed by atoms with Crippen LogP contribution in [0.25, 0.3) is 0 Å². The van der Waals surface area contributed by atoms with Gasteiger partial charge in [0.25, 0.3) is 5.91 Å². The Morgan fingerprint density at radius 1 is 1.15 bits per heavy atom. The van der Waals surface area contributed by atoms with E-state index in [1.165, 1.54) is 6.20 Å². The van der Waals surface area contributed by atoms with Crippen LogP contribution in [0.1, 0.15) is 42.6 Å². The van der Waals surface area contributed by atoms with Gasteiger partial charge in [0.05, 0.1) is 17.4 Å². The molecular weight excluding hydrogens is 440 g/mol. The molecular formula is C24H25ClN6O2. The smallest absolute Gasteiger partial charge is 0.253 e. The summed E-state index contributed by atoms with van der Waals surface area (Å²) in [4.78, 5) is 33.0. The van der Waals surface area contributed by atoms with Crippen molar-refractivity contribution in [1.29, 1.82) is 0 Å². The minimum Gasteiger partial charge on any atom is -0.355 e. The van der Waals surface area contributed by atoms with E-state index in [0.29, 0.717) is 34.5 Å². The zero-order valence-electron chi connectivity index (χ0n) is 18.6. The number of hydrogen-bond acceptors (Lipinski definition) is 6. The fourth-order valence-corrected chi connectivity index (χ4v) is 3.90. The van der Waals surface area contributed by atoms with Crippen LogP contribution in [0.4, 0.5) is 28.8 Å². The van der Waals surface area contributed by atoms with E-state index in [4.69, 9.17) is 11.6 Å². The van der Waals surface area contributed by atoms with Crippen LogP contribution < -0.4 is 21.3 Å². The van der Waals surface area contributed by atoms with E-state index in [0.717, 1.165) is 23.4 Å². The van der Waals surface area contributed by atoms with Crippen molar-refractivity contribution in [3.63, 3.8) is 0 Å². The van der Waals surface area contributed by atoms with E-state index in [9.17, 15) is 9.59 Å². The average Bonchev–Trinajstić information content (AvgIpc) is 2.91. The maximum atomic E-state index is 12.2. The van der Waals surface area contributed by atoms with Crippen LogP contribution in [0.2, 0.25) is 5.02 Å². The highest BCUT2D eigenvalue weighted by Gasteiger charge is 2.28. The number of fused-ring (bicyclic) bond motifs is 1. The monoisotopic (exact) mass is 464 g/mol. The number of nitrogens with zero attached hydrogens (tertiary/aromatic N) is 2. The molecule has 2 aromatic carbocycles. The third-order valence-corrected chi connectivity index (χ3v) is 5.93. The molecule has 0 saturated heterocycles. The number of anilines is 5. The van der Waals surface area contributed by atoms with Crippen molar-refractivity contribution in [2.24, 2.45) is 0 Å². The van der Waals surface area contributed by atoms with Gasteiger partial charge in [-0.3, -0.25) is 9.59 Å². The Morgan fingerprint density at radius 3 is 2.73 bits per heavy atom. The summed E-state index contributed by atoms with van der Waals surface area (Å²) in [5, 5.41) is 12.3. The topological polar surface area (TPSA) is 108 Å². The van der Waals surface area contributed by atoms with Gasteiger partial charge >= 0.3 is 0 Å². The number of carbonyl (C=O) groups is 2. The molecule has 9 heteroatoms. The summed E-state index contributed by atoms with van der Waals surface area (Å²) in [7, 11) is 1.58. The average molecular weight is 465 g/mol. The lowest BCUT2D eigenvalue weighted by Crippen LogP contribution is -2.19. The lowest BCUT2D eigenvalue weighted by atomic mass is 9.80. The molecule has 33 heavy (non-hydrogen) atoms. The third kappa shape index (κ3) is 4.90. The number of amides is 2. The second kappa shape index (κ2) is 9.07. The minimum absolute atomic E-state index is 0.0244. The molecule has 0 saturated carbocycles. The molecule has 0 spiro atoms. The normalized spacial score (nSPS) is 14.5. The van der Waals surface area contributed by atoms with Crippen molar-refractivity contribution in [3.8, 4) is 0 Å². The van der Waals surface area contributed by atoms with Gasteiger partial charge in [-0.2, -0.15) is 4.98 Å². The molecule has 1 aliphatic rings. The van der Waals surface area contributed by atoms with Gasteiger partial charge in [-0.05, 0) is 47.7 Å². The fourth-order valence-electron chi connectivity index (χ4n) is 3.76. The number of para-hydroxylation sites is 1. The van der Waals surface area contributed by atoms with E-state index in [2.05, 4.69) is 45.1 Å². The Hall–Kier alpha value is -3.65. The largest absolute Gasteiger partial charge is 0.355 e. The van der Waals surface area contributed by atoms with E-state index >= 15 is 0 Å². The van der Waals surface area contributed by atoms with Crippen molar-refractivity contribution in [1.82, 2.24) is 15.3 Å². The summed E-state index contributed by atoms with van der Waals surface area (Å²) in [6.45, 7) is 4.25. The molecule has 170 valence electrons. The molecule has 2 heterocycles. The summed E-state index contributed by atoms with van der Waals surface area (Å²) in [6.07, 6.45) is 2.73.